The van der Waals surface area contributed by atoms with Crippen LogP contribution in [0.3, 0.4) is 0 Å². The van der Waals surface area contributed by atoms with Gasteiger partial charge in [0.1, 0.15) is 44.7 Å². The van der Waals surface area contributed by atoms with Crippen LogP contribution in [0.2, 0.25) is 5.02 Å². The number of hydrogen-bond donors (Lipinski definition) is 0. The van der Waals surface area contributed by atoms with Crippen LogP contribution in [0.5, 0.6) is 0 Å². The number of halogens is 1. The third-order valence-electron chi connectivity index (χ3n) is 26.9. The summed E-state index contributed by atoms with van der Waals surface area (Å²) in [5.74, 6) is 3.39. The van der Waals surface area contributed by atoms with Crippen molar-refractivity contribution in [2.45, 2.75) is 114 Å². The second-order valence-corrected chi connectivity index (χ2v) is 34.9. The summed E-state index contributed by atoms with van der Waals surface area (Å²) in [4.78, 5) is 30.0. The Morgan fingerprint density at radius 3 is 0.951 bits per heavy atom. The molecule has 7 heterocycles. The molecule has 14 aromatic carbocycles. The maximum atomic E-state index is 6.34. The number of nitrogens with zero attached hydrogens (tertiary/aromatic N) is 6. The summed E-state index contributed by atoms with van der Waals surface area (Å²) in [7, 11) is -0.287. The summed E-state index contributed by atoms with van der Waals surface area (Å²) >= 11 is 6.32. The lowest BCUT2D eigenvalue weighted by atomic mass is 9.66. The lowest BCUT2D eigenvalue weighted by molar-refractivity contribution is 0.00578. The highest BCUT2D eigenvalue weighted by Gasteiger charge is 2.53. The van der Waals surface area contributed by atoms with E-state index in [1.165, 1.54) is 114 Å². The summed E-state index contributed by atoms with van der Waals surface area (Å²) in [5.41, 5.74) is 26.5. The number of para-hydroxylation sites is 4. The van der Waals surface area contributed by atoms with Gasteiger partial charge in [-0.1, -0.05) is 256 Å². The van der Waals surface area contributed by atoms with E-state index in [-0.39, 0.29) is 29.2 Å². The molecule has 6 aromatic heterocycles. The van der Waals surface area contributed by atoms with E-state index < -0.39 is 0 Å². The van der Waals surface area contributed by atoms with E-state index in [0.717, 1.165) is 132 Å². The Kier molecular flexibility index (Phi) is 17.5. The summed E-state index contributed by atoms with van der Waals surface area (Å²) in [5, 5.41) is 9.18. The zero-order valence-corrected chi connectivity index (χ0v) is 68.8. The van der Waals surface area contributed by atoms with E-state index in [1.807, 2.05) is 133 Å². The molecule has 1 aliphatic heterocycles. The van der Waals surface area contributed by atoms with Gasteiger partial charge in [-0.25, -0.2) is 29.9 Å². The first kappa shape index (κ1) is 73.7. The molecule has 590 valence electrons. The fourth-order valence-corrected chi connectivity index (χ4v) is 20.3. The average Bonchev–Trinajstić information content (AvgIpc) is 1.56. The van der Waals surface area contributed by atoms with Gasteiger partial charge in [-0.2, -0.15) is 0 Å². The molecule has 14 heteroatoms. The minimum atomic E-state index is -0.303. The molecule has 0 atom stereocenters. The van der Waals surface area contributed by atoms with Gasteiger partial charge < -0.3 is 27.0 Å². The lowest BCUT2D eigenvalue weighted by Gasteiger charge is -2.36. The molecule has 3 fully saturated rings. The van der Waals surface area contributed by atoms with Crippen molar-refractivity contribution in [3.05, 3.63) is 331 Å². The summed E-state index contributed by atoms with van der Waals surface area (Å²) < 4.78 is 37.5. The molecule has 2 spiro atoms. The van der Waals surface area contributed by atoms with E-state index in [9.17, 15) is 0 Å². The number of furan rings is 4. The molecule has 0 radical (unpaired) electrons. The molecule has 20 aromatic rings. The highest BCUT2D eigenvalue weighted by Crippen LogP contribution is 2.58. The molecule has 4 aliphatic carbocycles. The number of benzene rings is 14. The van der Waals surface area contributed by atoms with Gasteiger partial charge in [-0.15, -0.1) is 0 Å². The molecule has 1 saturated heterocycles. The molecule has 0 bridgehead atoms. The maximum Gasteiger partial charge on any atom is 0.494 e. The van der Waals surface area contributed by atoms with E-state index in [4.69, 9.17) is 68.5 Å². The van der Waals surface area contributed by atoms with Gasteiger partial charge >= 0.3 is 7.12 Å². The Bertz CT molecular complexity index is 7350. The van der Waals surface area contributed by atoms with Crippen LogP contribution in [0.15, 0.2) is 321 Å². The van der Waals surface area contributed by atoms with Gasteiger partial charge in [0.2, 0.25) is 0 Å². The van der Waals surface area contributed by atoms with E-state index >= 15 is 0 Å². The van der Waals surface area contributed by atoms with Crippen LogP contribution >= 0.6 is 11.6 Å². The Hall–Kier alpha value is -13.4. The molecule has 0 N–H and O–H groups in total. The molecule has 0 unspecified atom stereocenters. The van der Waals surface area contributed by atoms with E-state index in [0.29, 0.717) is 40.0 Å². The quantitative estimate of drug-likeness (QED) is 0.133. The zero-order chi connectivity index (χ0) is 81.6. The first-order chi connectivity index (χ1) is 59.7. The first-order valence-corrected chi connectivity index (χ1v) is 43.0. The highest BCUT2D eigenvalue weighted by molar-refractivity contribution is 6.62. The Morgan fingerprint density at radius 2 is 0.549 bits per heavy atom. The van der Waals surface area contributed by atoms with Crippen molar-refractivity contribution in [1.82, 2.24) is 29.9 Å². The monoisotopic (exact) mass is 1600 g/mol. The molecule has 122 heavy (non-hydrogen) atoms. The molecule has 0 amide bonds. The van der Waals surface area contributed by atoms with Crippen molar-refractivity contribution in [3.8, 4) is 102 Å². The third kappa shape index (κ3) is 12.4. The van der Waals surface area contributed by atoms with Gasteiger partial charge in [-0.3, -0.25) is 0 Å². The summed E-state index contributed by atoms with van der Waals surface area (Å²) in [6, 6.07) is 105. The summed E-state index contributed by atoms with van der Waals surface area (Å²) in [6.45, 7) is 8.50. The predicted octanol–water partition coefficient (Wildman–Crippen LogP) is 28.1. The third-order valence-corrected chi connectivity index (χ3v) is 27.1. The zero-order valence-electron chi connectivity index (χ0n) is 68.0. The molecule has 25 rings (SSSR count). The van der Waals surface area contributed by atoms with E-state index in [2.05, 4.69) is 198 Å². The molecular formula is C108H82BClN6O6. The molecule has 5 aliphatic rings. The number of aromatic nitrogens is 6. The number of hydrogen-bond acceptors (Lipinski definition) is 12. The minimum Gasteiger partial charge on any atom is -0.456 e. The van der Waals surface area contributed by atoms with Crippen LogP contribution < -0.4 is 5.46 Å². The topological polar surface area (TPSA) is 148 Å². The standard InChI is InChI=1S/C51H35N3O2.C33H18ClN3O2.C24H29BO2/c1-8-25-51(26-9-1)42-16-5-2-13-36(42)37-22-19-32(28-43(37)51)31-11-10-12-33(27-31)48-52-49(34-20-23-40-38-14-3-6-17-44(38)55-46(40)29-34)54-50(53-48)35-21-24-41-39-15-4-7-18-45(39)56-47(41)30-35;34-22-7-5-6-19(16-22)31-35-32(20-12-14-25-23-8-1-3-10-27(23)38-29(25)17-20)37-33(36-31)21-13-15-26-24-9-2-4-11-28(24)39-30(26)18-21;1-22(2)23(3,4)27-25(26-22)17-12-13-19-18-10-6-7-11-20(18)24(21(19)16-17)14-8-5-9-15-24/h2-7,10-24,27-30H,1,8-9,25-26H2;1-18H;6-7,10-13,16H,5,8-9,14-15H2,1-4H3. The van der Waals surface area contributed by atoms with Gasteiger partial charge in [0.15, 0.2) is 34.9 Å². The fraction of sp³-hybridized carbons (Fsp3) is 0.167. The average molecular weight is 1610 g/mol. The van der Waals surface area contributed by atoms with Gasteiger partial charge in [0.05, 0.1) is 11.2 Å². The van der Waals surface area contributed by atoms with Gasteiger partial charge in [-0.05, 0) is 212 Å². The lowest BCUT2D eigenvalue weighted by Crippen LogP contribution is -2.41. The van der Waals surface area contributed by atoms with Crippen LogP contribution in [0.4, 0.5) is 0 Å². The smallest absolute Gasteiger partial charge is 0.456 e. The van der Waals surface area contributed by atoms with Crippen LogP contribution in [-0.2, 0) is 20.1 Å². The predicted molar refractivity (Wildman–Crippen MR) is 493 cm³/mol. The Balaban J connectivity index is 0.000000114. The first-order valence-electron chi connectivity index (χ1n) is 42.6. The second-order valence-electron chi connectivity index (χ2n) is 34.5. The largest absolute Gasteiger partial charge is 0.494 e. The maximum absolute atomic E-state index is 6.34. The normalized spacial score (nSPS) is 15.8. The fourth-order valence-electron chi connectivity index (χ4n) is 20.1. The number of fused-ring (bicyclic) bond motifs is 22. The molecular weight excluding hydrogens is 1520 g/mol. The second kappa shape index (κ2) is 28.9. The number of rotatable bonds is 8. The SMILES string of the molecule is CC1(C)OB(c2ccc3c(c2)C2(CCCCC2)c2ccccc2-3)OC1(C)C.Clc1cccc(-c2nc(-c3ccc4c(c3)oc3ccccc34)nc(-c3ccc4c(c3)oc3ccccc34)n2)c1.c1cc(-c2ccc3c(c2)C2(CCCCC2)c2ccccc2-3)cc(-c2nc(-c3ccc4c(c3)oc3ccccc34)nc(-c3ccc4c(c3)oc3ccccc34)n2)c1. The minimum absolute atomic E-state index is 0.0949. The van der Waals surface area contributed by atoms with Crippen molar-refractivity contribution < 1.29 is 27.0 Å². The van der Waals surface area contributed by atoms with Crippen LogP contribution in [-0.4, -0.2) is 48.2 Å². The van der Waals surface area contributed by atoms with Crippen LogP contribution in [0.25, 0.3) is 189 Å². The van der Waals surface area contributed by atoms with Crippen molar-refractivity contribution in [3.63, 3.8) is 0 Å². The van der Waals surface area contributed by atoms with Gasteiger partial charge in [0.25, 0.3) is 0 Å². The highest BCUT2D eigenvalue weighted by atomic mass is 35.5. The van der Waals surface area contributed by atoms with Crippen LogP contribution in [0.1, 0.15) is 114 Å². The van der Waals surface area contributed by atoms with Crippen molar-refractivity contribution in [2.75, 3.05) is 0 Å². The van der Waals surface area contributed by atoms with Crippen LogP contribution in [0, 0.1) is 0 Å². The Labute approximate surface area is 710 Å². The molecule has 2 saturated carbocycles. The Morgan fingerprint density at radius 1 is 0.246 bits per heavy atom. The van der Waals surface area contributed by atoms with Crippen molar-refractivity contribution >= 4 is 112 Å². The van der Waals surface area contributed by atoms with Crippen molar-refractivity contribution in [2.24, 2.45) is 0 Å². The van der Waals surface area contributed by atoms with Crippen molar-refractivity contribution in [1.29, 1.82) is 0 Å². The molecule has 12 nitrogen and oxygen atoms in total. The summed E-state index contributed by atoms with van der Waals surface area (Å²) in [6.07, 6.45) is 12.8. The van der Waals surface area contributed by atoms with Gasteiger partial charge in [0, 0.05) is 92.3 Å². The van der Waals surface area contributed by atoms with E-state index in [1.54, 1.807) is 0 Å².